The zero-order chi connectivity index (χ0) is 15.5. The van der Waals surface area contributed by atoms with Crippen LogP contribution in [0.3, 0.4) is 0 Å². The minimum atomic E-state index is -0.773. The van der Waals surface area contributed by atoms with Gasteiger partial charge in [-0.2, -0.15) is 10.5 Å². The summed E-state index contributed by atoms with van der Waals surface area (Å²) in [5.74, 6) is -1.02. The molecule has 0 heterocycles. The lowest BCUT2D eigenvalue weighted by atomic mass is 9.98. The highest BCUT2D eigenvalue weighted by Crippen LogP contribution is 2.14. The zero-order valence-corrected chi connectivity index (χ0v) is 11.2. The van der Waals surface area contributed by atoms with Crippen LogP contribution in [0, 0.1) is 22.7 Å². The molecule has 0 aliphatic carbocycles. The second kappa shape index (κ2) is 8.94. The molecule has 0 spiro atoms. The van der Waals surface area contributed by atoms with Gasteiger partial charge in [-0.15, -0.1) is 0 Å². The lowest BCUT2D eigenvalue weighted by Crippen LogP contribution is -2.37. The van der Waals surface area contributed by atoms with Crippen LogP contribution in [0.25, 0.3) is 0 Å². The van der Waals surface area contributed by atoms with Gasteiger partial charge in [0.1, 0.15) is 12.6 Å². The van der Waals surface area contributed by atoms with E-state index in [-0.39, 0.29) is 25.6 Å². The Morgan fingerprint density at radius 1 is 1.14 bits per heavy atom. The zero-order valence-electron chi connectivity index (χ0n) is 11.2. The molecule has 1 aromatic carbocycles. The van der Waals surface area contributed by atoms with E-state index in [1.165, 1.54) is 0 Å². The van der Waals surface area contributed by atoms with Crippen LogP contribution >= 0.6 is 0 Å². The van der Waals surface area contributed by atoms with Crippen molar-refractivity contribution in [3.63, 3.8) is 0 Å². The van der Waals surface area contributed by atoms with E-state index in [9.17, 15) is 9.59 Å². The van der Waals surface area contributed by atoms with E-state index < -0.39 is 12.0 Å². The standard InChI is InChI=1S/C14H14N4O3/c15-6-8-17-13(19)12(11-4-2-1-3-5-11)10-18-14(20)21-9-7-16/h1-5,12H,8-10H2,(H,17,19)(H,18,20). The number of amides is 2. The first-order chi connectivity index (χ1) is 10.2. The summed E-state index contributed by atoms with van der Waals surface area (Å²) in [6, 6.07) is 12.3. The minimum absolute atomic E-state index is 0.00549. The van der Waals surface area contributed by atoms with Gasteiger partial charge in [-0.1, -0.05) is 30.3 Å². The van der Waals surface area contributed by atoms with Gasteiger partial charge in [-0.3, -0.25) is 4.79 Å². The number of nitrogens with zero attached hydrogens (tertiary/aromatic N) is 2. The first-order valence-electron chi connectivity index (χ1n) is 6.16. The van der Waals surface area contributed by atoms with E-state index in [1.54, 1.807) is 30.3 Å². The van der Waals surface area contributed by atoms with Crippen molar-refractivity contribution >= 4 is 12.0 Å². The summed E-state index contributed by atoms with van der Waals surface area (Å²) in [6.07, 6.45) is -0.773. The fourth-order valence-corrected chi connectivity index (χ4v) is 1.63. The van der Waals surface area contributed by atoms with Gasteiger partial charge in [0.15, 0.2) is 6.61 Å². The Labute approximate surface area is 122 Å². The van der Waals surface area contributed by atoms with Crippen molar-refractivity contribution in [2.75, 3.05) is 19.7 Å². The fraction of sp³-hybridized carbons (Fsp3) is 0.286. The number of benzene rings is 1. The Balaban J connectivity index is 2.70. The largest absolute Gasteiger partial charge is 0.434 e. The average molecular weight is 286 g/mol. The number of hydrogen-bond donors (Lipinski definition) is 2. The molecule has 2 amide bonds. The van der Waals surface area contributed by atoms with E-state index in [0.29, 0.717) is 5.56 Å². The fourth-order valence-electron chi connectivity index (χ4n) is 1.63. The second-order valence-electron chi connectivity index (χ2n) is 3.95. The van der Waals surface area contributed by atoms with Gasteiger partial charge in [0.2, 0.25) is 5.91 Å². The first-order valence-corrected chi connectivity index (χ1v) is 6.16. The van der Waals surface area contributed by atoms with Gasteiger partial charge in [0, 0.05) is 6.54 Å². The summed E-state index contributed by atoms with van der Waals surface area (Å²) in [5, 5.41) is 21.7. The van der Waals surface area contributed by atoms with Crippen LogP contribution in [0.2, 0.25) is 0 Å². The van der Waals surface area contributed by atoms with Crippen LogP contribution in [0.4, 0.5) is 4.79 Å². The molecule has 1 aromatic rings. The normalized spacial score (nSPS) is 10.6. The predicted molar refractivity (Wildman–Crippen MR) is 72.8 cm³/mol. The molecule has 0 fully saturated rings. The Hall–Kier alpha value is -3.06. The molecule has 0 aliphatic heterocycles. The monoisotopic (exact) mass is 286 g/mol. The van der Waals surface area contributed by atoms with Crippen molar-refractivity contribution in [1.82, 2.24) is 10.6 Å². The molecule has 1 rings (SSSR count). The molecule has 0 saturated carbocycles. The quantitative estimate of drug-likeness (QED) is 0.745. The first kappa shape index (κ1) is 16.0. The second-order valence-corrected chi connectivity index (χ2v) is 3.95. The number of hydrogen-bond acceptors (Lipinski definition) is 5. The smallest absolute Gasteiger partial charge is 0.408 e. The van der Waals surface area contributed by atoms with Crippen LogP contribution in [-0.4, -0.2) is 31.7 Å². The maximum Gasteiger partial charge on any atom is 0.408 e. The van der Waals surface area contributed by atoms with E-state index >= 15 is 0 Å². The van der Waals surface area contributed by atoms with Crippen molar-refractivity contribution in [3.8, 4) is 12.1 Å². The number of alkyl carbamates (subject to hydrolysis) is 1. The SMILES string of the molecule is N#CCNC(=O)C(CNC(=O)OCC#N)c1ccccc1. The van der Waals surface area contributed by atoms with E-state index in [0.717, 1.165) is 0 Å². The third-order valence-electron chi connectivity index (χ3n) is 2.58. The van der Waals surface area contributed by atoms with Gasteiger partial charge in [-0.25, -0.2) is 4.79 Å². The summed E-state index contributed by atoms with van der Waals surface area (Å²) in [5.41, 5.74) is 0.702. The number of ether oxygens (including phenoxy) is 1. The predicted octanol–water partition coefficient (Wildman–Crippen LogP) is 0.660. The van der Waals surface area contributed by atoms with Crippen LogP contribution in [0.1, 0.15) is 11.5 Å². The molecule has 7 heteroatoms. The summed E-state index contributed by atoms with van der Waals surface area (Å²) in [7, 11) is 0. The maximum absolute atomic E-state index is 12.0. The molecule has 0 aromatic heterocycles. The molecular formula is C14H14N4O3. The van der Waals surface area contributed by atoms with Crippen LogP contribution in [0.5, 0.6) is 0 Å². The molecule has 0 radical (unpaired) electrons. The van der Waals surface area contributed by atoms with Crippen molar-refractivity contribution < 1.29 is 14.3 Å². The third-order valence-corrected chi connectivity index (χ3v) is 2.58. The van der Waals surface area contributed by atoms with Gasteiger partial charge in [-0.05, 0) is 5.56 Å². The summed E-state index contributed by atoms with van der Waals surface area (Å²) >= 11 is 0. The van der Waals surface area contributed by atoms with E-state index in [1.807, 2.05) is 12.1 Å². The molecule has 21 heavy (non-hydrogen) atoms. The highest BCUT2D eigenvalue weighted by Gasteiger charge is 2.21. The number of carbonyl (C=O) groups is 2. The molecule has 1 atom stereocenters. The van der Waals surface area contributed by atoms with Gasteiger partial charge < -0.3 is 15.4 Å². The number of carbonyl (C=O) groups excluding carboxylic acids is 2. The van der Waals surface area contributed by atoms with Gasteiger partial charge in [0.05, 0.1) is 12.0 Å². The topological polar surface area (TPSA) is 115 Å². The lowest BCUT2D eigenvalue weighted by molar-refractivity contribution is -0.122. The Bertz CT molecular complexity index is 560. The molecule has 7 nitrogen and oxygen atoms in total. The summed E-state index contributed by atoms with van der Waals surface area (Å²) in [4.78, 5) is 23.3. The molecule has 1 unspecified atom stereocenters. The van der Waals surface area contributed by atoms with Gasteiger partial charge in [0.25, 0.3) is 0 Å². The van der Waals surface area contributed by atoms with Gasteiger partial charge >= 0.3 is 6.09 Å². The minimum Gasteiger partial charge on any atom is -0.434 e. The summed E-state index contributed by atoms with van der Waals surface area (Å²) < 4.78 is 4.54. The van der Waals surface area contributed by atoms with Crippen LogP contribution in [-0.2, 0) is 9.53 Å². The molecule has 2 N–H and O–H groups in total. The van der Waals surface area contributed by atoms with Crippen LogP contribution in [0.15, 0.2) is 30.3 Å². The summed E-state index contributed by atoms with van der Waals surface area (Å²) in [6.45, 7) is -0.463. The average Bonchev–Trinajstić information content (AvgIpc) is 2.52. The van der Waals surface area contributed by atoms with Crippen molar-refractivity contribution in [2.45, 2.75) is 5.92 Å². The van der Waals surface area contributed by atoms with Crippen molar-refractivity contribution in [2.24, 2.45) is 0 Å². The highest BCUT2D eigenvalue weighted by atomic mass is 16.5. The molecule has 0 bridgehead atoms. The molecule has 108 valence electrons. The van der Waals surface area contributed by atoms with E-state index in [2.05, 4.69) is 15.4 Å². The Morgan fingerprint density at radius 3 is 2.48 bits per heavy atom. The molecular weight excluding hydrogens is 272 g/mol. The van der Waals surface area contributed by atoms with E-state index in [4.69, 9.17) is 10.5 Å². The highest BCUT2D eigenvalue weighted by molar-refractivity contribution is 5.84. The number of rotatable bonds is 6. The lowest BCUT2D eigenvalue weighted by Gasteiger charge is -2.16. The molecule has 0 aliphatic rings. The van der Waals surface area contributed by atoms with Crippen molar-refractivity contribution in [1.29, 1.82) is 10.5 Å². The number of nitriles is 2. The maximum atomic E-state index is 12.0. The van der Waals surface area contributed by atoms with Crippen LogP contribution < -0.4 is 10.6 Å². The molecule has 0 saturated heterocycles. The van der Waals surface area contributed by atoms with Crippen molar-refractivity contribution in [3.05, 3.63) is 35.9 Å². The Kier molecular flexibility index (Phi) is 6.81. The third kappa shape index (κ3) is 5.62. The number of nitrogens with one attached hydrogen (secondary N) is 2. The Morgan fingerprint density at radius 2 is 1.86 bits per heavy atom.